The van der Waals surface area contributed by atoms with Crippen LogP contribution < -0.4 is 0 Å². The maximum absolute atomic E-state index is 12.8. The van der Waals surface area contributed by atoms with Gasteiger partial charge in [-0.2, -0.15) is 13.2 Å². The van der Waals surface area contributed by atoms with Gasteiger partial charge in [-0.15, -0.1) is 0 Å². The van der Waals surface area contributed by atoms with Crippen molar-refractivity contribution in [2.24, 2.45) is 0 Å². The number of carbonyl (C=O) groups is 1. The van der Waals surface area contributed by atoms with E-state index in [4.69, 9.17) is 4.52 Å². The molecule has 2 aromatic rings. The van der Waals surface area contributed by atoms with E-state index >= 15 is 0 Å². The van der Waals surface area contributed by atoms with Crippen LogP contribution in [-0.2, 0) is 4.79 Å². The Morgan fingerprint density at radius 2 is 2.04 bits per heavy atom. The highest BCUT2D eigenvalue weighted by atomic mass is 19.4. The lowest BCUT2D eigenvalue weighted by molar-refractivity contribution is -0.186. The van der Waals surface area contributed by atoms with Gasteiger partial charge in [0.25, 0.3) is 0 Å². The van der Waals surface area contributed by atoms with Gasteiger partial charge < -0.3 is 9.42 Å². The zero-order chi connectivity index (χ0) is 19.2. The molecule has 9 heteroatoms. The first kappa shape index (κ1) is 17.9. The molecular formula is C18H19F3N4O2. The van der Waals surface area contributed by atoms with E-state index in [1.807, 2.05) is 0 Å². The van der Waals surface area contributed by atoms with Crippen molar-refractivity contribution in [1.29, 1.82) is 0 Å². The van der Waals surface area contributed by atoms with Gasteiger partial charge in [-0.3, -0.25) is 4.79 Å². The number of halogens is 3. The number of nitrogens with zero attached hydrogens (tertiary/aromatic N) is 4. The predicted octanol–water partition coefficient (Wildman–Crippen LogP) is 3.59. The quantitative estimate of drug-likeness (QED) is 0.814. The summed E-state index contributed by atoms with van der Waals surface area (Å²) in [6.45, 7) is 1.88. The minimum atomic E-state index is -4.86. The first-order valence-electron chi connectivity index (χ1n) is 8.99. The van der Waals surface area contributed by atoms with E-state index in [2.05, 4.69) is 15.1 Å². The maximum atomic E-state index is 12.8. The zero-order valence-electron chi connectivity index (χ0n) is 14.8. The average Bonchev–Trinajstić information content (AvgIpc) is 3.41. The van der Waals surface area contributed by atoms with Crippen LogP contribution in [0.4, 0.5) is 13.2 Å². The lowest BCUT2D eigenvalue weighted by atomic mass is 9.91. The number of rotatable bonds is 3. The summed E-state index contributed by atoms with van der Waals surface area (Å²) >= 11 is 0. The van der Waals surface area contributed by atoms with Gasteiger partial charge in [-0.1, -0.05) is 5.16 Å². The summed E-state index contributed by atoms with van der Waals surface area (Å²) in [5.41, 5.74) is 1.97. The molecule has 1 atom stereocenters. The molecule has 0 bridgehead atoms. The molecule has 2 fully saturated rings. The minimum Gasteiger partial charge on any atom is -0.356 e. The molecular weight excluding hydrogens is 361 g/mol. The Morgan fingerprint density at radius 3 is 2.67 bits per heavy atom. The molecule has 2 aliphatic rings. The first-order chi connectivity index (χ1) is 12.8. The molecule has 1 saturated carbocycles. The second-order valence-corrected chi connectivity index (χ2v) is 7.22. The van der Waals surface area contributed by atoms with Crippen LogP contribution in [-0.4, -0.2) is 45.2 Å². The highest BCUT2D eigenvalue weighted by Crippen LogP contribution is 2.40. The molecule has 144 valence electrons. The Kier molecular flexibility index (Phi) is 4.39. The van der Waals surface area contributed by atoms with E-state index < -0.39 is 12.1 Å². The number of hydrogen-bond acceptors (Lipinski definition) is 5. The number of piperidine rings is 1. The van der Waals surface area contributed by atoms with Gasteiger partial charge in [0.15, 0.2) is 5.76 Å². The van der Waals surface area contributed by atoms with Crippen molar-refractivity contribution in [1.82, 2.24) is 20.0 Å². The molecule has 1 amide bonds. The summed E-state index contributed by atoms with van der Waals surface area (Å²) in [6.07, 6.45) is -0.0157. The fraction of sp³-hybridized carbons (Fsp3) is 0.556. The number of alkyl halides is 3. The van der Waals surface area contributed by atoms with Crippen LogP contribution in [0, 0.1) is 6.92 Å². The minimum absolute atomic E-state index is 0.0143. The Morgan fingerprint density at radius 1 is 1.26 bits per heavy atom. The van der Waals surface area contributed by atoms with Crippen molar-refractivity contribution in [3.63, 3.8) is 0 Å². The van der Waals surface area contributed by atoms with Crippen molar-refractivity contribution < 1.29 is 22.5 Å². The van der Waals surface area contributed by atoms with Gasteiger partial charge in [-0.25, -0.2) is 9.97 Å². The van der Waals surface area contributed by atoms with Gasteiger partial charge >= 0.3 is 12.1 Å². The van der Waals surface area contributed by atoms with Crippen molar-refractivity contribution in [2.45, 2.75) is 50.6 Å². The summed E-state index contributed by atoms with van der Waals surface area (Å²) in [7, 11) is 0. The highest BCUT2D eigenvalue weighted by molar-refractivity contribution is 5.82. The van der Waals surface area contributed by atoms with E-state index in [1.165, 1.54) is 0 Å². The third-order valence-electron chi connectivity index (χ3n) is 5.01. The first-order valence-corrected chi connectivity index (χ1v) is 8.99. The number of aryl methyl sites for hydroxylation is 1. The molecule has 1 aliphatic carbocycles. The topological polar surface area (TPSA) is 72.1 Å². The van der Waals surface area contributed by atoms with Crippen molar-refractivity contribution >= 4 is 5.91 Å². The number of hydrogen-bond donors (Lipinski definition) is 0. The van der Waals surface area contributed by atoms with Crippen LogP contribution in [0.5, 0.6) is 0 Å². The second kappa shape index (κ2) is 6.61. The van der Waals surface area contributed by atoms with Crippen LogP contribution in [0.1, 0.15) is 54.7 Å². The molecule has 0 radical (unpaired) electrons. The summed E-state index contributed by atoms with van der Waals surface area (Å²) in [5, 5.41) is 3.88. The fourth-order valence-electron chi connectivity index (χ4n) is 3.50. The number of aromatic nitrogens is 3. The molecule has 27 heavy (non-hydrogen) atoms. The average molecular weight is 380 g/mol. The molecule has 0 spiro atoms. The Hall–Kier alpha value is -2.45. The highest BCUT2D eigenvalue weighted by Gasteiger charge is 2.44. The Bertz CT molecular complexity index is 861. The fourth-order valence-corrected chi connectivity index (χ4v) is 3.50. The van der Waals surface area contributed by atoms with Gasteiger partial charge in [0, 0.05) is 37.2 Å². The number of amides is 1. The summed E-state index contributed by atoms with van der Waals surface area (Å²) < 4.78 is 43.9. The zero-order valence-corrected chi connectivity index (χ0v) is 14.8. The Balaban J connectivity index is 1.68. The number of carbonyl (C=O) groups excluding carboxylic acids is 1. The lowest BCUT2D eigenvalue weighted by Crippen LogP contribution is -2.46. The molecule has 0 aromatic carbocycles. The summed E-state index contributed by atoms with van der Waals surface area (Å²) in [5.74, 6) is -0.578. The van der Waals surface area contributed by atoms with Crippen LogP contribution in [0.3, 0.4) is 0 Å². The number of likely N-dealkylation sites (tertiary alicyclic amines) is 1. The van der Waals surface area contributed by atoms with E-state index in [9.17, 15) is 18.0 Å². The van der Waals surface area contributed by atoms with Crippen molar-refractivity contribution in [3.8, 4) is 11.3 Å². The molecule has 0 N–H and O–H groups in total. The van der Waals surface area contributed by atoms with Crippen molar-refractivity contribution in [3.05, 3.63) is 29.5 Å². The second-order valence-electron chi connectivity index (χ2n) is 7.22. The molecule has 2 aromatic heterocycles. The third-order valence-corrected chi connectivity index (χ3v) is 5.01. The maximum Gasteiger partial charge on any atom is 0.471 e. The monoisotopic (exact) mass is 380 g/mol. The Labute approximate surface area is 153 Å². The van der Waals surface area contributed by atoms with Crippen molar-refractivity contribution in [2.75, 3.05) is 13.1 Å². The standard InChI is InChI=1S/C18H19F3N4O2/c1-10-7-14(27-24-10)13-8-22-16(11-4-5-11)23-15(13)12-3-2-6-25(9-12)17(26)18(19,20)21/h7-8,11-12H,2-6,9H2,1H3. The molecule has 1 unspecified atom stereocenters. The van der Waals surface area contributed by atoms with E-state index in [0.29, 0.717) is 47.3 Å². The molecule has 1 aliphatic heterocycles. The van der Waals surface area contributed by atoms with Crippen LogP contribution >= 0.6 is 0 Å². The summed E-state index contributed by atoms with van der Waals surface area (Å²) in [6, 6.07) is 1.75. The van der Waals surface area contributed by atoms with E-state index in [0.717, 1.165) is 17.7 Å². The largest absolute Gasteiger partial charge is 0.471 e. The molecule has 6 nitrogen and oxygen atoms in total. The van der Waals surface area contributed by atoms with Crippen LogP contribution in [0.2, 0.25) is 0 Å². The molecule has 4 rings (SSSR count). The van der Waals surface area contributed by atoms with Crippen LogP contribution in [0.15, 0.2) is 16.8 Å². The van der Waals surface area contributed by atoms with E-state index in [-0.39, 0.29) is 19.0 Å². The SMILES string of the molecule is Cc1cc(-c2cnc(C3CC3)nc2C2CCCN(C(=O)C(F)(F)F)C2)on1. The van der Waals surface area contributed by atoms with E-state index in [1.54, 1.807) is 19.2 Å². The van der Waals surface area contributed by atoms with Gasteiger partial charge in [0.1, 0.15) is 5.82 Å². The molecule has 3 heterocycles. The van der Waals surface area contributed by atoms with Crippen LogP contribution in [0.25, 0.3) is 11.3 Å². The normalized spacial score (nSPS) is 20.7. The van der Waals surface area contributed by atoms with Gasteiger partial charge in [0.2, 0.25) is 0 Å². The van der Waals surface area contributed by atoms with Gasteiger partial charge in [-0.05, 0) is 32.6 Å². The lowest BCUT2D eigenvalue weighted by Gasteiger charge is -2.33. The summed E-state index contributed by atoms with van der Waals surface area (Å²) in [4.78, 5) is 21.7. The predicted molar refractivity (Wildman–Crippen MR) is 88.9 cm³/mol. The van der Waals surface area contributed by atoms with Gasteiger partial charge in [0.05, 0.1) is 17.0 Å². The molecule has 1 saturated heterocycles. The third kappa shape index (κ3) is 3.68. The smallest absolute Gasteiger partial charge is 0.356 e.